The molecule has 3 rings (SSSR count). The summed E-state index contributed by atoms with van der Waals surface area (Å²) in [5.74, 6) is 0. The number of nitrogens with two attached hydrogens (primary N) is 1. The van der Waals surface area contributed by atoms with Gasteiger partial charge in [0.2, 0.25) is 0 Å². The van der Waals surface area contributed by atoms with Crippen LogP contribution >= 0.6 is 11.6 Å². The molecule has 0 aliphatic carbocycles. The van der Waals surface area contributed by atoms with Gasteiger partial charge in [0.25, 0.3) is 0 Å². The molecular formula is C15H21ClN4. The lowest BCUT2D eigenvalue weighted by molar-refractivity contribution is 0.0887. The van der Waals surface area contributed by atoms with Crippen molar-refractivity contribution in [3.05, 3.63) is 35.2 Å². The molecule has 4 nitrogen and oxygen atoms in total. The van der Waals surface area contributed by atoms with Crippen molar-refractivity contribution in [2.45, 2.75) is 32.9 Å². The van der Waals surface area contributed by atoms with Gasteiger partial charge in [-0.25, -0.2) is 4.98 Å². The van der Waals surface area contributed by atoms with Crippen LogP contribution in [0.25, 0.3) is 5.65 Å². The first-order valence-electron chi connectivity index (χ1n) is 7.05. The zero-order valence-corrected chi connectivity index (χ0v) is 12.8. The normalized spacial score (nSPS) is 23.3. The van der Waals surface area contributed by atoms with Gasteiger partial charge in [-0.05, 0) is 24.0 Å². The average molecular weight is 293 g/mol. The van der Waals surface area contributed by atoms with Gasteiger partial charge in [-0.3, -0.25) is 4.90 Å². The highest BCUT2D eigenvalue weighted by Gasteiger charge is 2.33. The Hall–Kier alpha value is -1.10. The molecule has 108 valence electrons. The van der Waals surface area contributed by atoms with Crippen LogP contribution in [0.4, 0.5) is 0 Å². The highest BCUT2D eigenvalue weighted by molar-refractivity contribution is 6.30. The van der Waals surface area contributed by atoms with E-state index in [1.165, 1.54) is 5.69 Å². The van der Waals surface area contributed by atoms with E-state index >= 15 is 0 Å². The maximum absolute atomic E-state index is 6.20. The summed E-state index contributed by atoms with van der Waals surface area (Å²) < 4.78 is 2.07. The van der Waals surface area contributed by atoms with Crippen molar-refractivity contribution in [3.8, 4) is 0 Å². The minimum Gasteiger partial charge on any atom is -0.327 e. The largest absolute Gasteiger partial charge is 0.327 e. The van der Waals surface area contributed by atoms with Crippen molar-refractivity contribution >= 4 is 17.2 Å². The molecule has 0 bridgehead atoms. The van der Waals surface area contributed by atoms with E-state index in [1.54, 1.807) is 0 Å². The topological polar surface area (TPSA) is 46.6 Å². The number of piperidine rings is 1. The Kier molecular flexibility index (Phi) is 3.48. The number of imidazole rings is 1. The van der Waals surface area contributed by atoms with Crippen LogP contribution < -0.4 is 5.73 Å². The van der Waals surface area contributed by atoms with E-state index in [-0.39, 0.29) is 11.5 Å². The third kappa shape index (κ3) is 2.55. The Bertz CT molecular complexity index is 619. The fourth-order valence-electron chi connectivity index (χ4n) is 2.97. The zero-order chi connectivity index (χ0) is 14.3. The molecule has 1 saturated heterocycles. The van der Waals surface area contributed by atoms with Crippen molar-refractivity contribution in [2.75, 3.05) is 13.1 Å². The van der Waals surface area contributed by atoms with Crippen molar-refractivity contribution in [1.82, 2.24) is 14.3 Å². The predicted molar refractivity (Wildman–Crippen MR) is 81.9 cm³/mol. The van der Waals surface area contributed by atoms with Gasteiger partial charge in [-0.15, -0.1) is 0 Å². The first kappa shape index (κ1) is 13.9. The lowest BCUT2D eigenvalue weighted by atomic mass is 9.80. The van der Waals surface area contributed by atoms with Crippen LogP contribution in [0, 0.1) is 5.41 Å². The molecule has 1 unspecified atom stereocenters. The SMILES string of the molecule is CC1(C)CN(Cc2cnc3ccc(Cl)cn23)CCC1N. The lowest BCUT2D eigenvalue weighted by Crippen LogP contribution is -2.52. The van der Waals surface area contributed by atoms with Gasteiger partial charge < -0.3 is 10.1 Å². The first-order valence-corrected chi connectivity index (χ1v) is 7.43. The molecule has 5 heteroatoms. The quantitative estimate of drug-likeness (QED) is 0.925. The molecule has 1 fully saturated rings. The van der Waals surface area contributed by atoms with Gasteiger partial charge >= 0.3 is 0 Å². The molecule has 2 aromatic rings. The number of halogens is 1. The fourth-order valence-corrected chi connectivity index (χ4v) is 3.13. The first-order chi connectivity index (χ1) is 9.45. The van der Waals surface area contributed by atoms with Crippen LogP contribution in [0.15, 0.2) is 24.5 Å². The molecule has 0 amide bonds. The standard InChI is InChI=1S/C15H21ClN4/c1-15(2)10-19(6-5-13(15)17)9-12-7-18-14-4-3-11(16)8-20(12)14/h3-4,7-8,13H,5-6,9-10,17H2,1-2H3. The Balaban J connectivity index is 1.81. The number of nitrogens with zero attached hydrogens (tertiary/aromatic N) is 3. The molecule has 1 atom stereocenters. The van der Waals surface area contributed by atoms with Gasteiger partial charge in [0, 0.05) is 31.9 Å². The van der Waals surface area contributed by atoms with Gasteiger partial charge in [0.15, 0.2) is 0 Å². The predicted octanol–water partition coefficient (Wildman–Crippen LogP) is 2.55. The number of hydrogen-bond acceptors (Lipinski definition) is 3. The minimum atomic E-state index is 0.163. The van der Waals surface area contributed by atoms with Crippen LogP contribution in [0.2, 0.25) is 5.02 Å². The molecule has 2 N–H and O–H groups in total. The van der Waals surface area contributed by atoms with Gasteiger partial charge in [-0.2, -0.15) is 0 Å². The molecule has 0 aromatic carbocycles. The van der Waals surface area contributed by atoms with Crippen LogP contribution in [-0.4, -0.2) is 33.4 Å². The molecule has 0 saturated carbocycles. The minimum absolute atomic E-state index is 0.163. The van der Waals surface area contributed by atoms with E-state index in [9.17, 15) is 0 Å². The highest BCUT2D eigenvalue weighted by atomic mass is 35.5. The summed E-state index contributed by atoms with van der Waals surface area (Å²) in [5.41, 5.74) is 8.48. The van der Waals surface area contributed by atoms with E-state index < -0.39 is 0 Å². The molecule has 1 aliphatic heterocycles. The maximum Gasteiger partial charge on any atom is 0.137 e. The van der Waals surface area contributed by atoms with Crippen molar-refractivity contribution < 1.29 is 0 Å². The summed E-state index contributed by atoms with van der Waals surface area (Å²) in [4.78, 5) is 6.88. The smallest absolute Gasteiger partial charge is 0.137 e. The van der Waals surface area contributed by atoms with Gasteiger partial charge in [0.1, 0.15) is 5.65 Å². The third-order valence-electron chi connectivity index (χ3n) is 4.32. The molecule has 0 spiro atoms. The summed E-state index contributed by atoms with van der Waals surface area (Å²) in [5, 5.41) is 0.734. The lowest BCUT2D eigenvalue weighted by Gasteiger charge is -2.42. The Labute approximate surface area is 124 Å². The number of pyridine rings is 1. The second kappa shape index (κ2) is 5.02. The Morgan fingerprint density at radius 3 is 3.00 bits per heavy atom. The molecule has 1 aliphatic rings. The van der Waals surface area contributed by atoms with Crippen molar-refractivity contribution in [3.63, 3.8) is 0 Å². The number of fused-ring (bicyclic) bond motifs is 1. The van der Waals surface area contributed by atoms with E-state index in [4.69, 9.17) is 17.3 Å². The molecular weight excluding hydrogens is 272 g/mol. The van der Waals surface area contributed by atoms with E-state index in [2.05, 4.69) is 28.1 Å². The highest BCUT2D eigenvalue weighted by Crippen LogP contribution is 2.28. The molecule has 20 heavy (non-hydrogen) atoms. The second-order valence-electron chi connectivity index (χ2n) is 6.42. The maximum atomic E-state index is 6.20. The van der Waals surface area contributed by atoms with Crippen molar-refractivity contribution in [1.29, 1.82) is 0 Å². The summed E-state index contributed by atoms with van der Waals surface area (Å²) in [7, 11) is 0. The summed E-state index contributed by atoms with van der Waals surface area (Å²) in [6.45, 7) is 7.43. The van der Waals surface area contributed by atoms with E-state index in [0.717, 1.165) is 36.7 Å². The van der Waals surface area contributed by atoms with Crippen LogP contribution in [0.1, 0.15) is 26.0 Å². The van der Waals surface area contributed by atoms with Crippen molar-refractivity contribution in [2.24, 2.45) is 11.1 Å². The number of likely N-dealkylation sites (tertiary alicyclic amines) is 1. The third-order valence-corrected chi connectivity index (χ3v) is 4.55. The number of hydrogen-bond donors (Lipinski definition) is 1. The zero-order valence-electron chi connectivity index (χ0n) is 12.0. The van der Waals surface area contributed by atoms with Crippen LogP contribution in [0.3, 0.4) is 0 Å². The monoisotopic (exact) mass is 292 g/mol. The fraction of sp³-hybridized carbons (Fsp3) is 0.533. The Morgan fingerprint density at radius 2 is 2.25 bits per heavy atom. The summed E-state index contributed by atoms with van der Waals surface area (Å²) >= 11 is 6.08. The van der Waals surface area contributed by atoms with Gasteiger partial charge in [0.05, 0.1) is 16.9 Å². The average Bonchev–Trinajstić information content (AvgIpc) is 2.76. The Morgan fingerprint density at radius 1 is 1.45 bits per heavy atom. The molecule has 3 heterocycles. The summed E-state index contributed by atoms with van der Waals surface area (Å²) in [6, 6.07) is 4.11. The van der Waals surface area contributed by atoms with Gasteiger partial charge in [-0.1, -0.05) is 25.4 Å². The summed E-state index contributed by atoms with van der Waals surface area (Å²) in [6.07, 6.45) is 4.91. The molecule has 0 radical (unpaired) electrons. The molecule has 2 aromatic heterocycles. The number of rotatable bonds is 2. The van der Waals surface area contributed by atoms with Crippen LogP contribution in [0.5, 0.6) is 0 Å². The number of aromatic nitrogens is 2. The van der Waals surface area contributed by atoms with E-state index in [1.807, 2.05) is 24.5 Å². The second-order valence-corrected chi connectivity index (χ2v) is 6.86. The van der Waals surface area contributed by atoms with Crippen LogP contribution in [-0.2, 0) is 6.54 Å². The van der Waals surface area contributed by atoms with E-state index in [0.29, 0.717) is 0 Å².